The second-order valence-corrected chi connectivity index (χ2v) is 6.38. The highest BCUT2D eigenvalue weighted by atomic mass is 79.9. The molecule has 0 aliphatic carbocycles. The van der Waals surface area contributed by atoms with E-state index in [4.69, 9.17) is 9.84 Å². The minimum absolute atomic E-state index is 0.0139. The summed E-state index contributed by atoms with van der Waals surface area (Å²) in [5.74, 6) is -0.0789. The van der Waals surface area contributed by atoms with Crippen molar-refractivity contribution in [1.82, 2.24) is 9.88 Å². The number of pyridine rings is 1. The lowest BCUT2D eigenvalue weighted by molar-refractivity contribution is -0.138. The van der Waals surface area contributed by atoms with Crippen molar-refractivity contribution in [2.45, 2.75) is 26.5 Å². The summed E-state index contributed by atoms with van der Waals surface area (Å²) in [4.78, 5) is 17.2. The first kappa shape index (κ1) is 18.4. The summed E-state index contributed by atoms with van der Waals surface area (Å²) in [6, 6.07) is 11.5. The molecule has 0 atom stereocenters. The summed E-state index contributed by atoms with van der Waals surface area (Å²) in [7, 11) is 0. The highest BCUT2D eigenvalue weighted by Crippen LogP contribution is 2.25. The summed E-state index contributed by atoms with van der Waals surface area (Å²) in [6.07, 6.45) is 2.63. The summed E-state index contributed by atoms with van der Waals surface area (Å²) < 4.78 is 6.84. The van der Waals surface area contributed by atoms with Gasteiger partial charge in [-0.05, 0) is 43.3 Å². The van der Waals surface area contributed by atoms with Crippen LogP contribution in [0.4, 0.5) is 0 Å². The number of benzene rings is 1. The molecule has 0 fully saturated rings. The Morgan fingerprint density at radius 3 is 2.83 bits per heavy atom. The Balaban J connectivity index is 2.12. The number of carboxylic acids is 1. The number of aliphatic carboxylic acids is 1. The van der Waals surface area contributed by atoms with Crippen LogP contribution in [0.1, 0.15) is 24.6 Å². The van der Waals surface area contributed by atoms with Crippen LogP contribution < -0.4 is 4.74 Å². The van der Waals surface area contributed by atoms with E-state index in [0.717, 1.165) is 34.4 Å². The van der Waals surface area contributed by atoms with E-state index in [9.17, 15) is 4.79 Å². The number of carboxylic acid groups (broad SMARTS) is 1. The van der Waals surface area contributed by atoms with Crippen LogP contribution in [0, 0.1) is 0 Å². The van der Waals surface area contributed by atoms with Crippen LogP contribution in [0.5, 0.6) is 5.75 Å². The summed E-state index contributed by atoms with van der Waals surface area (Å²) in [6.45, 7) is 3.67. The molecule has 0 bridgehead atoms. The highest BCUT2D eigenvalue weighted by Gasteiger charge is 2.13. The zero-order chi connectivity index (χ0) is 17.4. The van der Waals surface area contributed by atoms with Crippen molar-refractivity contribution >= 4 is 21.9 Å². The first-order valence-electron chi connectivity index (χ1n) is 7.83. The number of hydrogen-bond donors (Lipinski definition) is 1. The first-order valence-corrected chi connectivity index (χ1v) is 8.63. The molecule has 2 aromatic rings. The monoisotopic (exact) mass is 392 g/mol. The van der Waals surface area contributed by atoms with E-state index < -0.39 is 5.97 Å². The Labute approximate surface area is 150 Å². The zero-order valence-electron chi connectivity index (χ0n) is 13.6. The second kappa shape index (κ2) is 9.39. The molecule has 0 spiro atoms. The fourth-order valence-corrected chi connectivity index (χ4v) is 2.82. The van der Waals surface area contributed by atoms with Gasteiger partial charge in [0.2, 0.25) is 0 Å². The lowest BCUT2D eigenvalue weighted by Crippen LogP contribution is -2.30. The van der Waals surface area contributed by atoms with Gasteiger partial charge in [0.15, 0.2) is 0 Å². The Morgan fingerprint density at radius 1 is 1.33 bits per heavy atom. The Morgan fingerprint density at radius 2 is 2.17 bits per heavy atom. The third-order valence-corrected chi connectivity index (χ3v) is 3.91. The van der Waals surface area contributed by atoms with E-state index in [1.807, 2.05) is 48.2 Å². The van der Waals surface area contributed by atoms with Gasteiger partial charge in [-0.25, -0.2) is 0 Å². The second-order valence-electron chi connectivity index (χ2n) is 5.47. The van der Waals surface area contributed by atoms with E-state index in [1.165, 1.54) is 0 Å². The smallest absolute Gasteiger partial charge is 0.317 e. The third kappa shape index (κ3) is 5.94. The maximum atomic E-state index is 11.0. The quantitative estimate of drug-likeness (QED) is 0.704. The van der Waals surface area contributed by atoms with Crippen LogP contribution in [0.15, 0.2) is 47.1 Å². The molecule has 0 saturated heterocycles. The molecule has 2 rings (SSSR count). The summed E-state index contributed by atoms with van der Waals surface area (Å²) in [5, 5.41) is 9.07. The molecule has 5 nitrogen and oxygen atoms in total. The number of hydrogen-bond acceptors (Lipinski definition) is 4. The molecule has 128 valence electrons. The number of ether oxygens (including phenoxy) is 1. The normalized spacial score (nSPS) is 10.8. The number of halogens is 1. The SMILES string of the molecule is CCCN(CC(=O)O)Cc1cc(Br)ccc1OCc1ccccn1. The molecular formula is C18H21BrN2O3. The van der Waals surface area contributed by atoms with Crippen molar-refractivity contribution in [3.8, 4) is 5.75 Å². The van der Waals surface area contributed by atoms with Gasteiger partial charge in [-0.15, -0.1) is 0 Å². The van der Waals surface area contributed by atoms with E-state index in [2.05, 4.69) is 20.9 Å². The van der Waals surface area contributed by atoms with Crippen molar-refractivity contribution in [1.29, 1.82) is 0 Å². The van der Waals surface area contributed by atoms with Gasteiger partial charge in [-0.2, -0.15) is 0 Å². The van der Waals surface area contributed by atoms with Crippen LogP contribution in [0.3, 0.4) is 0 Å². The Bertz CT molecular complexity index is 665. The topological polar surface area (TPSA) is 62.7 Å². The average Bonchev–Trinajstić information content (AvgIpc) is 2.55. The largest absolute Gasteiger partial charge is 0.487 e. The number of rotatable bonds is 9. The lowest BCUT2D eigenvalue weighted by Gasteiger charge is -2.21. The maximum Gasteiger partial charge on any atom is 0.317 e. The zero-order valence-corrected chi connectivity index (χ0v) is 15.2. The molecule has 1 aromatic carbocycles. The molecule has 0 aliphatic rings. The van der Waals surface area contributed by atoms with Gasteiger partial charge < -0.3 is 9.84 Å². The fraction of sp³-hybridized carbons (Fsp3) is 0.333. The summed E-state index contributed by atoms with van der Waals surface area (Å²) >= 11 is 3.47. The van der Waals surface area contributed by atoms with E-state index in [1.54, 1.807) is 6.20 Å². The van der Waals surface area contributed by atoms with Crippen molar-refractivity contribution < 1.29 is 14.6 Å². The van der Waals surface area contributed by atoms with Crippen LogP contribution in [-0.2, 0) is 17.9 Å². The number of aromatic nitrogens is 1. The van der Waals surface area contributed by atoms with Crippen LogP contribution in [0.25, 0.3) is 0 Å². The van der Waals surface area contributed by atoms with Crippen molar-refractivity contribution in [3.63, 3.8) is 0 Å². The predicted molar refractivity (Wildman–Crippen MR) is 95.9 cm³/mol. The Kier molecular flexibility index (Phi) is 7.21. The number of carbonyl (C=O) groups is 1. The van der Waals surface area contributed by atoms with Crippen LogP contribution in [0.2, 0.25) is 0 Å². The fourth-order valence-electron chi connectivity index (χ4n) is 2.41. The molecular weight excluding hydrogens is 372 g/mol. The minimum atomic E-state index is -0.825. The van der Waals surface area contributed by atoms with Crippen LogP contribution in [-0.4, -0.2) is 34.0 Å². The average molecular weight is 393 g/mol. The lowest BCUT2D eigenvalue weighted by atomic mass is 10.2. The molecule has 24 heavy (non-hydrogen) atoms. The molecule has 1 aromatic heterocycles. The molecule has 1 N–H and O–H groups in total. The molecule has 0 aliphatic heterocycles. The molecule has 6 heteroatoms. The van der Waals surface area contributed by atoms with Crippen molar-refractivity contribution in [3.05, 3.63) is 58.3 Å². The molecule has 1 heterocycles. The molecule has 0 unspecified atom stereocenters. The molecule has 0 amide bonds. The van der Waals surface area contributed by atoms with Crippen LogP contribution >= 0.6 is 15.9 Å². The Hall–Kier alpha value is -1.92. The number of nitrogens with zero attached hydrogens (tertiary/aromatic N) is 2. The van der Waals surface area contributed by atoms with Gasteiger partial charge in [0.05, 0.1) is 12.2 Å². The van der Waals surface area contributed by atoms with Gasteiger partial charge in [-0.1, -0.05) is 28.9 Å². The molecule has 0 saturated carbocycles. The predicted octanol–water partition coefficient (Wildman–Crippen LogP) is 3.72. The van der Waals surface area contributed by atoms with Gasteiger partial charge in [0, 0.05) is 22.8 Å². The van der Waals surface area contributed by atoms with Gasteiger partial charge >= 0.3 is 5.97 Å². The third-order valence-electron chi connectivity index (χ3n) is 3.42. The van der Waals surface area contributed by atoms with E-state index in [-0.39, 0.29) is 6.54 Å². The maximum absolute atomic E-state index is 11.0. The summed E-state index contributed by atoms with van der Waals surface area (Å²) in [5.41, 5.74) is 1.80. The van der Waals surface area contributed by atoms with Crippen molar-refractivity contribution in [2.24, 2.45) is 0 Å². The van der Waals surface area contributed by atoms with E-state index in [0.29, 0.717) is 13.2 Å². The standard InChI is InChI=1S/C18H21BrN2O3/c1-2-9-21(12-18(22)23)11-14-10-15(19)6-7-17(14)24-13-16-5-3-4-8-20-16/h3-8,10H,2,9,11-13H2,1H3,(H,22,23). The van der Waals surface area contributed by atoms with E-state index >= 15 is 0 Å². The van der Waals surface area contributed by atoms with Crippen molar-refractivity contribution in [2.75, 3.05) is 13.1 Å². The molecule has 0 radical (unpaired) electrons. The van der Waals surface area contributed by atoms with Gasteiger partial charge in [0.25, 0.3) is 0 Å². The highest BCUT2D eigenvalue weighted by molar-refractivity contribution is 9.10. The minimum Gasteiger partial charge on any atom is -0.487 e. The van der Waals surface area contributed by atoms with Gasteiger partial charge in [-0.3, -0.25) is 14.7 Å². The van der Waals surface area contributed by atoms with Gasteiger partial charge in [0.1, 0.15) is 12.4 Å². The first-order chi connectivity index (χ1) is 11.6.